The zero-order valence-electron chi connectivity index (χ0n) is 14.0. The summed E-state index contributed by atoms with van der Waals surface area (Å²) in [5, 5.41) is 9.41. The highest BCUT2D eigenvalue weighted by Crippen LogP contribution is 2.28. The summed E-state index contributed by atoms with van der Waals surface area (Å²) in [5.41, 5.74) is 6.38. The van der Waals surface area contributed by atoms with Crippen molar-refractivity contribution in [2.45, 2.75) is 20.8 Å². The smallest absolute Gasteiger partial charge is 0.266 e. The molecule has 1 aromatic heterocycles. The number of aryl methyl sites for hydroxylation is 3. The van der Waals surface area contributed by atoms with E-state index in [1.54, 1.807) is 0 Å². The van der Waals surface area contributed by atoms with Crippen LogP contribution >= 0.6 is 0 Å². The van der Waals surface area contributed by atoms with Crippen molar-refractivity contribution < 1.29 is 0 Å². The van der Waals surface area contributed by atoms with Crippen LogP contribution in [-0.4, -0.2) is 4.98 Å². The minimum Gasteiger partial charge on any atom is -0.321 e. The molecule has 0 aliphatic rings. The minimum atomic E-state index is -0.355. The third kappa shape index (κ3) is 2.87. The molecule has 0 spiro atoms. The minimum absolute atomic E-state index is 0.147. The SMILES string of the molecule is Cc1cccc(-c2cc(-c3ccc(C)cc3C)[nH]c(=O)c2C#N)c1. The molecule has 0 amide bonds. The molecule has 1 N–H and O–H groups in total. The quantitative estimate of drug-likeness (QED) is 0.757. The number of hydrogen-bond acceptors (Lipinski definition) is 2. The lowest BCUT2D eigenvalue weighted by molar-refractivity contribution is 1.21. The molecule has 0 saturated carbocycles. The molecule has 3 aromatic rings. The summed E-state index contributed by atoms with van der Waals surface area (Å²) < 4.78 is 0. The first-order valence-corrected chi connectivity index (χ1v) is 7.81. The highest BCUT2D eigenvalue weighted by Gasteiger charge is 2.13. The van der Waals surface area contributed by atoms with E-state index >= 15 is 0 Å². The van der Waals surface area contributed by atoms with Crippen molar-refractivity contribution in [3.05, 3.63) is 81.1 Å². The van der Waals surface area contributed by atoms with Gasteiger partial charge in [0, 0.05) is 16.8 Å². The molecule has 3 heteroatoms. The average molecular weight is 314 g/mol. The molecule has 3 rings (SSSR count). The van der Waals surface area contributed by atoms with Crippen molar-refractivity contribution in [2.24, 2.45) is 0 Å². The normalized spacial score (nSPS) is 10.4. The zero-order valence-corrected chi connectivity index (χ0v) is 14.0. The number of H-pyrrole nitrogens is 1. The van der Waals surface area contributed by atoms with Crippen LogP contribution in [0.2, 0.25) is 0 Å². The van der Waals surface area contributed by atoms with Crippen LogP contribution in [0.1, 0.15) is 22.3 Å². The summed E-state index contributed by atoms with van der Waals surface area (Å²) in [5.74, 6) is 0. The van der Waals surface area contributed by atoms with Crippen molar-refractivity contribution in [1.29, 1.82) is 5.26 Å². The predicted molar refractivity (Wildman–Crippen MR) is 96.9 cm³/mol. The van der Waals surface area contributed by atoms with Gasteiger partial charge >= 0.3 is 0 Å². The predicted octanol–water partition coefficient (Wildman–Crippen LogP) is 4.51. The Hall–Kier alpha value is -3.12. The molecule has 2 aromatic carbocycles. The Balaban J connectivity index is 2.28. The fraction of sp³-hybridized carbons (Fsp3) is 0.143. The number of benzene rings is 2. The summed E-state index contributed by atoms with van der Waals surface area (Å²) in [6.45, 7) is 6.05. The second kappa shape index (κ2) is 6.17. The zero-order chi connectivity index (χ0) is 17.3. The topological polar surface area (TPSA) is 56.6 Å². The first kappa shape index (κ1) is 15.8. The summed E-state index contributed by atoms with van der Waals surface area (Å²) >= 11 is 0. The maximum atomic E-state index is 12.4. The van der Waals surface area contributed by atoms with Crippen molar-refractivity contribution in [1.82, 2.24) is 4.98 Å². The van der Waals surface area contributed by atoms with Gasteiger partial charge in [0.15, 0.2) is 0 Å². The van der Waals surface area contributed by atoms with Gasteiger partial charge in [-0.1, -0.05) is 53.6 Å². The van der Waals surface area contributed by atoms with Gasteiger partial charge in [0.05, 0.1) is 0 Å². The molecule has 0 bridgehead atoms. The molecule has 0 aliphatic carbocycles. The molecule has 1 heterocycles. The van der Waals surface area contributed by atoms with E-state index in [2.05, 4.69) is 11.1 Å². The third-order valence-electron chi connectivity index (χ3n) is 4.15. The van der Waals surface area contributed by atoms with Crippen molar-refractivity contribution in [2.75, 3.05) is 0 Å². The highest BCUT2D eigenvalue weighted by molar-refractivity contribution is 5.76. The van der Waals surface area contributed by atoms with Gasteiger partial charge in [0.25, 0.3) is 5.56 Å². The van der Waals surface area contributed by atoms with E-state index in [-0.39, 0.29) is 11.1 Å². The van der Waals surface area contributed by atoms with Gasteiger partial charge in [-0.15, -0.1) is 0 Å². The van der Waals surface area contributed by atoms with Gasteiger partial charge in [0.2, 0.25) is 0 Å². The standard InChI is InChI=1S/C21H18N2O/c1-13-5-4-6-16(10-13)18-11-20(23-21(24)19(18)12-22)17-8-7-14(2)9-15(17)3/h4-11H,1-3H3,(H,23,24). The van der Waals surface area contributed by atoms with Gasteiger partial charge < -0.3 is 4.98 Å². The average Bonchev–Trinajstić information content (AvgIpc) is 2.54. The summed E-state index contributed by atoms with van der Waals surface area (Å²) in [4.78, 5) is 15.3. The van der Waals surface area contributed by atoms with E-state index < -0.39 is 0 Å². The van der Waals surface area contributed by atoms with E-state index in [9.17, 15) is 10.1 Å². The van der Waals surface area contributed by atoms with E-state index in [0.717, 1.165) is 27.9 Å². The van der Waals surface area contributed by atoms with Crippen LogP contribution in [0.4, 0.5) is 0 Å². The Morgan fingerprint density at radius 2 is 1.67 bits per heavy atom. The molecule has 0 fully saturated rings. The summed E-state index contributed by atoms with van der Waals surface area (Å²) in [7, 11) is 0. The highest BCUT2D eigenvalue weighted by atomic mass is 16.1. The lowest BCUT2D eigenvalue weighted by atomic mass is 9.96. The third-order valence-corrected chi connectivity index (χ3v) is 4.15. The maximum Gasteiger partial charge on any atom is 0.266 e. The molecule has 0 aliphatic heterocycles. The Labute approximate surface area is 141 Å². The van der Waals surface area contributed by atoms with Crippen LogP contribution in [0.25, 0.3) is 22.4 Å². The van der Waals surface area contributed by atoms with E-state index in [1.165, 1.54) is 5.56 Å². The number of nitriles is 1. The Morgan fingerprint density at radius 3 is 2.33 bits per heavy atom. The molecule has 0 radical (unpaired) electrons. The van der Waals surface area contributed by atoms with Gasteiger partial charge in [-0.2, -0.15) is 5.26 Å². The van der Waals surface area contributed by atoms with Crippen LogP contribution in [0.15, 0.2) is 53.3 Å². The first-order valence-electron chi connectivity index (χ1n) is 7.81. The number of aromatic nitrogens is 1. The lowest BCUT2D eigenvalue weighted by Gasteiger charge is -2.11. The molecular weight excluding hydrogens is 296 g/mol. The molecule has 118 valence electrons. The van der Waals surface area contributed by atoms with E-state index in [1.807, 2.05) is 69.3 Å². The molecular formula is C21H18N2O. The largest absolute Gasteiger partial charge is 0.321 e. The second-order valence-corrected chi connectivity index (χ2v) is 6.10. The number of nitrogens with zero attached hydrogens (tertiary/aromatic N) is 1. The second-order valence-electron chi connectivity index (χ2n) is 6.10. The fourth-order valence-electron chi connectivity index (χ4n) is 2.97. The van der Waals surface area contributed by atoms with E-state index in [0.29, 0.717) is 5.56 Å². The van der Waals surface area contributed by atoms with Gasteiger partial charge in [-0.25, -0.2) is 0 Å². The van der Waals surface area contributed by atoms with Crippen molar-refractivity contribution in [3.63, 3.8) is 0 Å². The number of aromatic amines is 1. The van der Waals surface area contributed by atoms with Gasteiger partial charge in [-0.05, 0) is 38.0 Å². The number of nitrogens with one attached hydrogen (secondary N) is 1. The van der Waals surface area contributed by atoms with E-state index in [4.69, 9.17) is 0 Å². The Bertz CT molecular complexity index is 1020. The first-order chi connectivity index (χ1) is 11.5. The van der Waals surface area contributed by atoms with Crippen LogP contribution in [-0.2, 0) is 0 Å². The van der Waals surface area contributed by atoms with Gasteiger partial charge in [0.1, 0.15) is 11.6 Å². The molecule has 0 atom stereocenters. The van der Waals surface area contributed by atoms with Crippen LogP contribution in [0.5, 0.6) is 0 Å². The maximum absolute atomic E-state index is 12.4. The fourth-order valence-corrected chi connectivity index (χ4v) is 2.97. The van der Waals surface area contributed by atoms with Gasteiger partial charge in [-0.3, -0.25) is 4.79 Å². The molecule has 24 heavy (non-hydrogen) atoms. The van der Waals surface area contributed by atoms with Crippen molar-refractivity contribution in [3.8, 4) is 28.5 Å². The number of hydrogen-bond donors (Lipinski definition) is 1. The molecule has 0 saturated heterocycles. The monoisotopic (exact) mass is 314 g/mol. The van der Waals surface area contributed by atoms with Crippen LogP contribution < -0.4 is 5.56 Å². The Kier molecular flexibility index (Phi) is 4.05. The molecule has 3 nitrogen and oxygen atoms in total. The van der Waals surface area contributed by atoms with Crippen LogP contribution in [0.3, 0.4) is 0 Å². The number of rotatable bonds is 2. The summed E-state index contributed by atoms with van der Waals surface area (Å²) in [6, 6.07) is 17.9. The summed E-state index contributed by atoms with van der Waals surface area (Å²) in [6.07, 6.45) is 0. The lowest BCUT2D eigenvalue weighted by Crippen LogP contribution is -2.13. The number of pyridine rings is 1. The molecule has 0 unspecified atom stereocenters. The van der Waals surface area contributed by atoms with Crippen molar-refractivity contribution >= 4 is 0 Å². The Morgan fingerprint density at radius 1 is 0.917 bits per heavy atom. The van der Waals surface area contributed by atoms with Crippen LogP contribution in [0, 0.1) is 32.1 Å².